The Morgan fingerprint density at radius 1 is 1.06 bits per heavy atom. The van der Waals surface area contributed by atoms with E-state index in [0.29, 0.717) is 17.2 Å². The predicted molar refractivity (Wildman–Crippen MR) is 70.6 cm³/mol. The first-order valence-corrected chi connectivity index (χ1v) is 6.15. The highest BCUT2D eigenvalue weighted by Gasteiger charge is 2.16. The summed E-state index contributed by atoms with van der Waals surface area (Å²) in [7, 11) is 4.70. The van der Waals surface area contributed by atoms with E-state index in [4.69, 9.17) is 14.2 Å². The van der Waals surface area contributed by atoms with Gasteiger partial charge >= 0.3 is 0 Å². The summed E-state index contributed by atoms with van der Waals surface area (Å²) in [6.07, 6.45) is 2.27. The van der Waals surface area contributed by atoms with E-state index in [1.54, 1.807) is 33.5 Å². The normalized spacial score (nSPS) is 12.1. The number of ether oxygens (including phenoxy) is 3. The number of hydrogen-bond donors (Lipinski definition) is 1. The van der Waals surface area contributed by atoms with Crippen molar-refractivity contribution >= 4 is 0 Å². The molecular weight excluding hydrogens is 232 g/mol. The molecule has 0 aliphatic carbocycles. The zero-order valence-corrected chi connectivity index (χ0v) is 11.5. The maximum atomic E-state index is 10.1. The van der Waals surface area contributed by atoms with Crippen LogP contribution in [0.4, 0.5) is 0 Å². The molecule has 0 aliphatic rings. The Morgan fingerprint density at radius 3 is 2.00 bits per heavy atom. The SMILES string of the molecule is CCCCC(O)c1cc(OC)c(OC)c(OC)c1. The lowest BCUT2D eigenvalue weighted by Gasteiger charge is -2.17. The van der Waals surface area contributed by atoms with Crippen LogP contribution in [0, 0.1) is 0 Å². The van der Waals surface area contributed by atoms with E-state index in [2.05, 4.69) is 6.92 Å². The summed E-state index contributed by atoms with van der Waals surface area (Å²) in [6.45, 7) is 2.10. The standard InChI is InChI=1S/C14H22O4/c1-5-6-7-11(15)10-8-12(16-2)14(18-4)13(9-10)17-3/h8-9,11,15H,5-7H2,1-4H3. The van der Waals surface area contributed by atoms with Gasteiger partial charge in [0.2, 0.25) is 5.75 Å². The van der Waals surface area contributed by atoms with Crippen molar-refractivity contribution in [1.29, 1.82) is 0 Å². The average Bonchev–Trinajstić information content (AvgIpc) is 2.42. The fourth-order valence-electron chi connectivity index (χ4n) is 1.86. The van der Waals surface area contributed by atoms with Gasteiger partial charge in [-0.25, -0.2) is 0 Å². The first kappa shape index (κ1) is 14.6. The molecule has 0 spiro atoms. The molecule has 0 aliphatic heterocycles. The van der Waals surface area contributed by atoms with Crippen LogP contribution in [0.1, 0.15) is 37.9 Å². The molecule has 1 atom stereocenters. The molecule has 0 saturated heterocycles. The Hall–Kier alpha value is -1.42. The maximum Gasteiger partial charge on any atom is 0.203 e. The molecule has 4 nitrogen and oxygen atoms in total. The van der Waals surface area contributed by atoms with Gasteiger partial charge in [0.05, 0.1) is 27.4 Å². The van der Waals surface area contributed by atoms with Gasteiger partial charge in [-0.05, 0) is 24.1 Å². The summed E-state index contributed by atoms with van der Waals surface area (Å²) in [5.74, 6) is 1.69. The minimum Gasteiger partial charge on any atom is -0.493 e. The fraction of sp³-hybridized carbons (Fsp3) is 0.571. The highest BCUT2D eigenvalue weighted by atomic mass is 16.5. The topological polar surface area (TPSA) is 47.9 Å². The second kappa shape index (κ2) is 7.11. The molecule has 0 bridgehead atoms. The van der Waals surface area contributed by atoms with Crippen LogP contribution in [0.25, 0.3) is 0 Å². The molecule has 18 heavy (non-hydrogen) atoms. The second-order valence-electron chi connectivity index (χ2n) is 4.12. The average molecular weight is 254 g/mol. The zero-order valence-electron chi connectivity index (χ0n) is 11.5. The Kier molecular flexibility index (Phi) is 5.78. The van der Waals surface area contributed by atoms with Gasteiger partial charge in [-0.2, -0.15) is 0 Å². The maximum absolute atomic E-state index is 10.1. The van der Waals surface area contributed by atoms with Crippen LogP contribution >= 0.6 is 0 Å². The third-order valence-corrected chi connectivity index (χ3v) is 2.90. The summed E-state index contributed by atoms with van der Waals surface area (Å²) in [5, 5.41) is 10.1. The summed E-state index contributed by atoms with van der Waals surface area (Å²) >= 11 is 0. The second-order valence-corrected chi connectivity index (χ2v) is 4.12. The van der Waals surface area contributed by atoms with E-state index >= 15 is 0 Å². The van der Waals surface area contributed by atoms with Gasteiger partial charge in [0.25, 0.3) is 0 Å². The van der Waals surface area contributed by atoms with Gasteiger partial charge in [0.1, 0.15) is 0 Å². The molecule has 1 aromatic rings. The first-order chi connectivity index (χ1) is 8.67. The van der Waals surface area contributed by atoms with Crippen LogP contribution in [0.2, 0.25) is 0 Å². The van der Waals surface area contributed by atoms with Crippen molar-refractivity contribution in [1.82, 2.24) is 0 Å². The van der Waals surface area contributed by atoms with Gasteiger partial charge < -0.3 is 19.3 Å². The molecular formula is C14H22O4. The number of methoxy groups -OCH3 is 3. The molecule has 0 aromatic heterocycles. The number of aliphatic hydroxyl groups is 1. The quantitative estimate of drug-likeness (QED) is 0.812. The van der Waals surface area contributed by atoms with E-state index in [0.717, 1.165) is 24.8 Å². The molecule has 1 N–H and O–H groups in total. The molecule has 0 saturated carbocycles. The zero-order chi connectivity index (χ0) is 13.5. The van der Waals surface area contributed by atoms with Crippen LogP contribution in [-0.2, 0) is 0 Å². The van der Waals surface area contributed by atoms with Crippen molar-refractivity contribution < 1.29 is 19.3 Å². The number of aliphatic hydroxyl groups excluding tert-OH is 1. The molecule has 0 fully saturated rings. The highest BCUT2D eigenvalue weighted by molar-refractivity contribution is 5.54. The van der Waals surface area contributed by atoms with Gasteiger partial charge in [0.15, 0.2) is 11.5 Å². The molecule has 0 radical (unpaired) electrons. The largest absolute Gasteiger partial charge is 0.493 e. The Bertz CT molecular complexity index is 351. The van der Waals surface area contributed by atoms with Crippen molar-refractivity contribution in [3.63, 3.8) is 0 Å². The first-order valence-electron chi connectivity index (χ1n) is 6.15. The van der Waals surface area contributed by atoms with Crippen LogP contribution in [0.3, 0.4) is 0 Å². The lowest BCUT2D eigenvalue weighted by Crippen LogP contribution is -2.01. The summed E-state index contributed by atoms with van der Waals surface area (Å²) in [5.41, 5.74) is 0.790. The molecule has 1 rings (SSSR count). The van der Waals surface area contributed by atoms with Gasteiger partial charge in [-0.15, -0.1) is 0 Å². The fourth-order valence-corrected chi connectivity index (χ4v) is 1.86. The lowest BCUT2D eigenvalue weighted by atomic mass is 10.0. The van der Waals surface area contributed by atoms with Crippen LogP contribution in [0.5, 0.6) is 17.2 Å². The molecule has 1 aromatic carbocycles. The summed E-state index contributed by atoms with van der Waals surface area (Å²) in [6, 6.07) is 3.59. The van der Waals surface area contributed by atoms with Gasteiger partial charge in [-0.3, -0.25) is 0 Å². The van der Waals surface area contributed by atoms with E-state index in [9.17, 15) is 5.11 Å². The van der Waals surface area contributed by atoms with E-state index in [-0.39, 0.29) is 0 Å². The Morgan fingerprint density at radius 2 is 1.61 bits per heavy atom. The number of rotatable bonds is 7. The number of unbranched alkanes of at least 4 members (excludes halogenated alkanes) is 1. The minimum absolute atomic E-state index is 0.501. The van der Waals surface area contributed by atoms with Crippen LogP contribution < -0.4 is 14.2 Å². The third kappa shape index (κ3) is 3.29. The third-order valence-electron chi connectivity index (χ3n) is 2.90. The van der Waals surface area contributed by atoms with Crippen molar-refractivity contribution in [2.24, 2.45) is 0 Å². The van der Waals surface area contributed by atoms with Crippen LogP contribution in [-0.4, -0.2) is 26.4 Å². The summed E-state index contributed by atoms with van der Waals surface area (Å²) in [4.78, 5) is 0. The molecule has 0 heterocycles. The smallest absolute Gasteiger partial charge is 0.203 e. The number of benzene rings is 1. The summed E-state index contributed by atoms with van der Waals surface area (Å²) < 4.78 is 15.8. The van der Waals surface area contributed by atoms with Gasteiger partial charge in [-0.1, -0.05) is 19.8 Å². The lowest BCUT2D eigenvalue weighted by molar-refractivity contribution is 0.163. The molecule has 4 heteroatoms. The van der Waals surface area contributed by atoms with E-state index < -0.39 is 6.10 Å². The Labute approximate surface area is 108 Å². The monoisotopic (exact) mass is 254 g/mol. The van der Waals surface area contributed by atoms with Crippen molar-refractivity contribution in [2.45, 2.75) is 32.3 Å². The molecule has 1 unspecified atom stereocenters. The highest BCUT2D eigenvalue weighted by Crippen LogP contribution is 2.40. The van der Waals surface area contributed by atoms with Crippen molar-refractivity contribution in [3.05, 3.63) is 17.7 Å². The molecule has 102 valence electrons. The van der Waals surface area contributed by atoms with E-state index in [1.165, 1.54) is 0 Å². The Balaban J connectivity index is 3.06. The van der Waals surface area contributed by atoms with E-state index in [1.807, 2.05) is 0 Å². The minimum atomic E-state index is -0.501. The molecule has 0 amide bonds. The van der Waals surface area contributed by atoms with Crippen LogP contribution in [0.15, 0.2) is 12.1 Å². The van der Waals surface area contributed by atoms with Crippen molar-refractivity contribution in [3.8, 4) is 17.2 Å². The predicted octanol–water partition coefficient (Wildman–Crippen LogP) is 2.94. The number of hydrogen-bond acceptors (Lipinski definition) is 4. The van der Waals surface area contributed by atoms with Crippen molar-refractivity contribution in [2.75, 3.05) is 21.3 Å². The van der Waals surface area contributed by atoms with Gasteiger partial charge in [0, 0.05) is 0 Å².